The zero-order valence-corrected chi connectivity index (χ0v) is 11.7. The summed E-state index contributed by atoms with van der Waals surface area (Å²) in [5.41, 5.74) is 0. The summed E-state index contributed by atoms with van der Waals surface area (Å²) in [5.74, 6) is 0.0467. The van der Waals surface area contributed by atoms with Gasteiger partial charge in [0.05, 0.1) is 13.2 Å². The number of hydrogen-bond acceptors (Lipinski definition) is 4. The third kappa shape index (κ3) is 3.45. The van der Waals surface area contributed by atoms with E-state index in [4.69, 9.17) is 4.74 Å². The lowest BCUT2D eigenvalue weighted by molar-refractivity contribution is -0.155. The molecule has 1 N–H and O–H groups in total. The SMILES string of the molecule is CNC1CCCN(C(CC(C)C)C(=O)OC)C1=O. The van der Waals surface area contributed by atoms with E-state index in [1.165, 1.54) is 7.11 Å². The van der Waals surface area contributed by atoms with Crippen molar-refractivity contribution >= 4 is 11.9 Å². The van der Waals surface area contributed by atoms with Crippen LogP contribution in [0.2, 0.25) is 0 Å². The summed E-state index contributed by atoms with van der Waals surface area (Å²) < 4.78 is 4.83. The van der Waals surface area contributed by atoms with Crippen LogP contribution in [-0.4, -0.2) is 49.6 Å². The molecular weight excluding hydrogens is 232 g/mol. The minimum atomic E-state index is -0.446. The van der Waals surface area contributed by atoms with E-state index in [1.807, 2.05) is 13.8 Å². The van der Waals surface area contributed by atoms with Gasteiger partial charge in [-0.25, -0.2) is 4.79 Å². The average molecular weight is 256 g/mol. The standard InChI is InChI=1S/C13H24N2O3/c1-9(2)8-11(13(17)18-4)15-7-5-6-10(14-3)12(15)16/h9-11,14H,5-8H2,1-4H3. The second-order valence-electron chi connectivity index (χ2n) is 5.18. The minimum Gasteiger partial charge on any atom is -0.467 e. The topological polar surface area (TPSA) is 58.6 Å². The fourth-order valence-corrected chi connectivity index (χ4v) is 2.41. The summed E-state index contributed by atoms with van der Waals surface area (Å²) >= 11 is 0. The number of methoxy groups -OCH3 is 1. The Kier molecular flexibility index (Phi) is 5.59. The molecule has 0 aromatic heterocycles. The van der Waals surface area contributed by atoms with Crippen LogP contribution >= 0.6 is 0 Å². The predicted molar refractivity (Wildman–Crippen MR) is 69.1 cm³/mol. The van der Waals surface area contributed by atoms with Gasteiger partial charge < -0.3 is 15.0 Å². The number of amides is 1. The number of hydrogen-bond donors (Lipinski definition) is 1. The molecule has 18 heavy (non-hydrogen) atoms. The largest absolute Gasteiger partial charge is 0.467 e. The van der Waals surface area contributed by atoms with Gasteiger partial charge in [0.2, 0.25) is 5.91 Å². The van der Waals surface area contributed by atoms with E-state index in [0.717, 1.165) is 12.8 Å². The van der Waals surface area contributed by atoms with Gasteiger partial charge in [0, 0.05) is 6.54 Å². The highest BCUT2D eigenvalue weighted by Crippen LogP contribution is 2.20. The van der Waals surface area contributed by atoms with Crippen LogP contribution in [0.3, 0.4) is 0 Å². The zero-order valence-electron chi connectivity index (χ0n) is 11.7. The lowest BCUT2D eigenvalue weighted by Crippen LogP contribution is -2.56. The molecule has 0 bridgehead atoms. The highest BCUT2D eigenvalue weighted by Gasteiger charge is 2.36. The molecule has 1 rings (SSSR count). The van der Waals surface area contributed by atoms with Gasteiger partial charge in [-0.3, -0.25) is 4.79 Å². The number of carbonyl (C=O) groups is 2. The molecule has 104 valence electrons. The number of piperidine rings is 1. The molecule has 0 spiro atoms. The Morgan fingerprint density at radius 1 is 1.56 bits per heavy atom. The Morgan fingerprint density at radius 3 is 2.72 bits per heavy atom. The molecule has 1 saturated heterocycles. The summed E-state index contributed by atoms with van der Waals surface area (Å²) in [6, 6.07) is -0.614. The van der Waals surface area contributed by atoms with Gasteiger partial charge in [0.25, 0.3) is 0 Å². The van der Waals surface area contributed by atoms with Crippen molar-refractivity contribution in [1.82, 2.24) is 10.2 Å². The molecule has 0 aromatic rings. The quantitative estimate of drug-likeness (QED) is 0.739. The molecule has 5 nitrogen and oxygen atoms in total. The first-order chi connectivity index (χ1) is 8.51. The lowest BCUT2D eigenvalue weighted by atomic mass is 9.97. The Labute approximate surface area is 109 Å². The van der Waals surface area contributed by atoms with Gasteiger partial charge in [-0.05, 0) is 32.2 Å². The number of ether oxygens (including phenoxy) is 1. The van der Waals surface area contributed by atoms with Crippen LogP contribution in [0.1, 0.15) is 33.1 Å². The Balaban J connectivity index is 2.83. The fourth-order valence-electron chi connectivity index (χ4n) is 2.41. The second kappa shape index (κ2) is 6.73. The maximum atomic E-state index is 12.3. The van der Waals surface area contributed by atoms with Crippen molar-refractivity contribution in [3.8, 4) is 0 Å². The summed E-state index contributed by atoms with van der Waals surface area (Å²) in [6.45, 7) is 4.73. The Hall–Kier alpha value is -1.10. The van der Waals surface area contributed by atoms with E-state index in [1.54, 1.807) is 11.9 Å². The summed E-state index contributed by atoms with van der Waals surface area (Å²) in [4.78, 5) is 25.8. The molecule has 0 aliphatic carbocycles. The number of likely N-dealkylation sites (N-methyl/N-ethyl adjacent to an activating group) is 1. The molecule has 5 heteroatoms. The van der Waals surface area contributed by atoms with Crippen molar-refractivity contribution in [3.05, 3.63) is 0 Å². The minimum absolute atomic E-state index is 0.0137. The maximum absolute atomic E-state index is 12.3. The van der Waals surface area contributed by atoms with Crippen LogP contribution < -0.4 is 5.32 Å². The number of nitrogens with zero attached hydrogens (tertiary/aromatic N) is 1. The summed E-state index contributed by atoms with van der Waals surface area (Å²) in [6.07, 6.45) is 2.40. The van der Waals surface area contributed by atoms with Crippen LogP contribution in [-0.2, 0) is 14.3 Å². The molecule has 2 unspecified atom stereocenters. The first-order valence-corrected chi connectivity index (χ1v) is 6.56. The maximum Gasteiger partial charge on any atom is 0.328 e. The molecule has 2 atom stereocenters. The van der Waals surface area contributed by atoms with Crippen molar-refractivity contribution in [2.45, 2.75) is 45.2 Å². The lowest BCUT2D eigenvalue weighted by Gasteiger charge is -2.37. The van der Waals surface area contributed by atoms with Gasteiger partial charge in [-0.1, -0.05) is 13.8 Å². The van der Waals surface area contributed by atoms with E-state index >= 15 is 0 Å². The van der Waals surface area contributed by atoms with Crippen molar-refractivity contribution in [1.29, 1.82) is 0 Å². The number of esters is 1. The number of rotatable bonds is 5. The predicted octanol–water partition coefficient (Wildman–Crippen LogP) is 0.784. The Morgan fingerprint density at radius 2 is 2.22 bits per heavy atom. The number of nitrogens with one attached hydrogen (secondary N) is 1. The van der Waals surface area contributed by atoms with Crippen molar-refractivity contribution in [2.24, 2.45) is 5.92 Å². The summed E-state index contributed by atoms with van der Waals surface area (Å²) in [7, 11) is 3.15. The van der Waals surface area contributed by atoms with Gasteiger partial charge in [-0.2, -0.15) is 0 Å². The third-order valence-electron chi connectivity index (χ3n) is 3.37. The van der Waals surface area contributed by atoms with E-state index in [-0.39, 0.29) is 17.9 Å². The van der Waals surface area contributed by atoms with Crippen molar-refractivity contribution in [2.75, 3.05) is 20.7 Å². The third-order valence-corrected chi connectivity index (χ3v) is 3.37. The smallest absolute Gasteiger partial charge is 0.328 e. The Bertz CT molecular complexity index is 305. The van der Waals surface area contributed by atoms with E-state index < -0.39 is 6.04 Å². The van der Waals surface area contributed by atoms with Crippen molar-refractivity contribution in [3.63, 3.8) is 0 Å². The first kappa shape index (κ1) is 15.0. The number of likely N-dealkylation sites (tertiary alicyclic amines) is 1. The normalized spacial score (nSPS) is 22.2. The van der Waals surface area contributed by atoms with E-state index in [2.05, 4.69) is 5.32 Å². The molecule has 1 amide bonds. The monoisotopic (exact) mass is 256 g/mol. The van der Waals surface area contributed by atoms with Gasteiger partial charge in [-0.15, -0.1) is 0 Å². The fraction of sp³-hybridized carbons (Fsp3) is 0.846. The molecule has 1 aliphatic rings. The molecule has 1 heterocycles. The molecule has 1 aliphatic heterocycles. The average Bonchev–Trinajstić information content (AvgIpc) is 2.35. The second-order valence-corrected chi connectivity index (χ2v) is 5.18. The van der Waals surface area contributed by atoms with E-state index in [9.17, 15) is 9.59 Å². The molecule has 0 saturated carbocycles. The van der Waals surface area contributed by atoms with E-state index in [0.29, 0.717) is 18.9 Å². The van der Waals surface area contributed by atoms with Crippen LogP contribution in [0.5, 0.6) is 0 Å². The first-order valence-electron chi connectivity index (χ1n) is 6.56. The van der Waals surface area contributed by atoms with Crippen molar-refractivity contribution < 1.29 is 14.3 Å². The van der Waals surface area contributed by atoms with Gasteiger partial charge >= 0.3 is 5.97 Å². The zero-order chi connectivity index (χ0) is 13.7. The molecular formula is C13H24N2O3. The van der Waals surface area contributed by atoms with Crippen LogP contribution in [0, 0.1) is 5.92 Å². The van der Waals surface area contributed by atoms with Gasteiger partial charge in [0.1, 0.15) is 6.04 Å². The summed E-state index contributed by atoms with van der Waals surface area (Å²) in [5, 5.41) is 3.01. The number of carbonyl (C=O) groups excluding carboxylic acids is 2. The molecule has 0 radical (unpaired) electrons. The van der Waals surface area contributed by atoms with Crippen LogP contribution in [0.25, 0.3) is 0 Å². The molecule has 1 fully saturated rings. The van der Waals surface area contributed by atoms with Crippen LogP contribution in [0.15, 0.2) is 0 Å². The van der Waals surface area contributed by atoms with Gasteiger partial charge in [0.15, 0.2) is 0 Å². The highest BCUT2D eigenvalue weighted by molar-refractivity contribution is 5.88. The van der Waals surface area contributed by atoms with Crippen LogP contribution in [0.4, 0.5) is 0 Å². The molecule has 0 aromatic carbocycles. The highest BCUT2D eigenvalue weighted by atomic mass is 16.5.